The summed E-state index contributed by atoms with van der Waals surface area (Å²) < 4.78 is 5.97. The van der Waals surface area contributed by atoms with Crippen molar-refractivity contribution >= 4 is 11.8 Å². The molecule has 1 atom stereocenters. The summed E-state index contributed by atoms with van der Waals surface area (Å²) in [4.78, 5) is 22.5. The largest absolute Gasteiger partial charge is 0.489 e. The Labute approximate surface area is 147 Å². The lowest BCUT2D eigenvalue weighted by Crippen LogP contribution is -2.28. The van der Waals surface area contributed by atoms with Crippen LogP contribution in [0.25, 0.3) is 0 Å². The molecule has 0 saturated heterocycles. The van der Waals surface area contributed by atoms with E-state index in [4.69, 9.17) is 9.84 Å². The van der Waals surface area contributed by atoms with Crippen LogP contribution < -0.4 is 4.74 Å². The van der Waals surface area contributed by atoms with Gasteiger partial charge in [-0.2, -0.15) is 0 Å². The number of aryl methyl sites for hydroxylation is 3. The third-order valence-electron chi connectivity index (χ3n) is 5.02. The molecule has 0 aliphatic heterocycles. The monoisotopic (exact) mass is 338 g/mol. The number of carbonyl (C=O) groups excluding carboxylic acids is 1. The van der Waals surface area contributed by atoms with Crippen LogP contribution in [0, 0.1) is 19.8 Å². The van der Waals surface area contributed by atoms with E-state index >= 15 is 0 Å². The highest BCUT2D eigenvalue weighted by Gasteiger charge is 2.29. The van der Waals surface area contributed by atoms with Gasteiger partial charge in [0.1, 0.15) is 12.4 Å². The lowest BCUT2D eigenvalue weighted by Gasteiger charge is -2.23. The zero-order chi connectivity index (χ0) is 18.0. The van der Waals surface area contributed by atoms with Gasteiger partial charge in [-0.05, 0) is 73.1 Å². The van der Waals surface area contributed by atoms with Crippen LogP contribution in [-0.4, -0.2) is 16.9 Å². The second kappa shape index (κ2) is 7.09. The summed E-state index contributed by atoms with van der Waals surface area (Å²) >= 11 is 0. The number of Topliss-reactive ketones (excluding diaryl/α,β-unsaturated/α-hetero) is 1. The molecule has 1 aliphatic rings. The third kappa shape index (κ3) is 3.73. The van der Waals surface area contributed by atoms with E-state index in [1.165, 1.54) is 16.7 Å². The highest BCUT2D eigenvalue weighted by atomic mass is 16.5. The fourth-order valence-electron chi connectivity index (χ4n) is 3.45. The highest BCUT2D eigenvalue weighted by Crippen LogP contribution is 2.29. The second-order valence-corrected chi connectivity index (χ2v) is 6.70. The van der Waals surface area contributed by atoms with Crippen molar-refractivity contribution in [1.29, 1.82) is 0 Å². The second-order valence-electron chi connectivity index (χ2n) is 6.70. The van der Waals surface area contributed by atoms with Gasteiger partial charge < -0.3 is 9.84 Å². The third-order valence-corrected chi connectivity index (χ3v) is 5.02. The first-order valence-corrected chi connectivity index (χ1v) is 8.52. The van der Waals surface area contributed by atoms with E-state index in [1.807, 2.05) is 24.3 Å². The lowest BCUT2D eigenvalue weighted by atomic mass is 9.81. The van der Waals surface area contributed by atoms with Gasteiger partial charge in [-0.1, -0.05) is 24.3 Å². The molecule has 0 aromatic heterocycles. The molecular weight excluding hydrogens is 316 g/mol. The van der Waals surface area contributed by atoms with Gasteiger partial charge in [-0.25, -0.2) is 4.79 Å². The molecule has 0 amide bonds. The molecule has 130 valence electrons. The molecule has 25 heavy (non-hydrogen) atoms. The van der Waals surface area contributed by atoms with E-state index in [2.05, 4.69) is 26.0 Å². The molecule has 4 nitrogen and oxygen atoms in total. The van der Waals surface area contributed by atoms with Gasteiger partial charge in [0.2, 0.25) is 5.78 Å². The predicted molar refractivity (Wildman–Crippen MR) is 94.8 cm³/mol. The molecule has 0 fully saturated rings. The van der Waals surface area contributed by atoms with Gasteiger partial charge in [0.05, 0.1) is 0 Å². The van der Waals surface area contributed by atoms with Crippen molar-refractivity contribution in [3.63, 3.8) is 0 Å². The molecule has 2 aromatic rings. The molecule has 1 aliphatic carbocycles. The predicted octanol–water partition coefficient (Wildman–Crippen LogP) is 3.64. The Morgan fingerprint density at radius 3 is 2.52 bits per heavy atom. The van der Waals surface area contributed by atoms with Crippen LogP contribution >= 0.6 is 0 Å². The van der Waals surface area contributed by atoms with E-state index in [9.17, 15) is 9.59 Å². The number of aliphatic carboxylic acids is 1. The number of hydrogen-bond acceptors (Lipinski definition) is 3. The number of carboxylic acids is 1. The standard InChI is InChI=1S/C21H22O4/c1-13-4-3-5-14(2)19(13)12-25-18-9-8-15-10-17(20(22)21(23)24)7-6-16(15)11-18/h3-5,8-9,11,17H,6-7,10,12H2,1-2H3,(H,23,24). The van der Waals surface area contributed by atoms with Gasteiger partial charge in [0.15, 0.2) is 0 Å². The molecule has 0 spiro atoms. The van der Waals surface area contributed by atoms with E-state index in [0.717, 1.165) is 16.9 Å². The molecule has 1 N–H and O–H groups in total. The molecular formula is C21H22O4. The number of benzene rings is 2. The van der Waals surface area contributed by atoms with E-state index in [0.29, 0.717) is 25.9 Å². The average molecular weight is 338 g/mol. The maximum Gasteiger partial charge on any atom is 0.372 e. The fourth-order valence-corrected chi connectivity index (χ4v) is 3.45. The maximum atomic E-state index is 11.7. The van der Waals surface area contributed by atoms with Crippen LogP contribution in [0.15, 0.2) is 36.4 Å². The average Bonchev–Trinajstić information content (AvgIpc) is 2.60. The number of rotatable bonds is 5. The topological polar surface area (TPSA) is 63.6 Å². The van der Waals surface area contributed by atoms with Crippen molar-refractivity contribution in [1.82, 2.24) is 0 Å². The number of hydrogen-bond donors (Lipinski definition) is 1. The SMILES string of the molecule is Cc1cccc(C)c1COc1ccc2c(c1)CCC(C(=O)C(=O)O)C2. The molecule has 3 rings (SSSR count). The van der Waals surface area contributed by atoms with Crippen LogP contribution in [0.5, 0.6) is 5.75 Å². The fraction of sp³-hybridized carbons (Fsp3) is 0.333. The first-order valence-electron chi connectivity index (χ1n) is 8.52. The van der Waals surface area contributed by atoms with E-state index < -0.39 is 17.7 Å². The van der Waals surface area contributed by atoms with Crippen molar-refractivity contribution in [2.75, 3.05) is 0 Å². The van der Waals surface area contributed by atoms with E-state index in [-0.39, 0.29) is 0 Å². The normalized spacial score (nSPS) is 16.2. The molecule has 0 heterocycles. The Morgan fingerprint density at radius 1 is 1.12 bits per heavy atom. The van der Waals surface area contributed by atoms with Crippen LogP contribution in [0.3, 0.4) is 0 Å². The number of ether oxygens (including phenoxy) is 1. The number of fused-ring (bicyclic) bond motifs is 1. The van der Waals surface area contributed by atoms with Crippen LogP contribution in [0.1, 0.15) is 34.2 Å². The van der Waals surface area contributed by atoms with Gasteiger partial charge in [-0.3, -0.25) is 4.79 Å². The Kier molecular flexibility index (Phi) is 4.88. The summed E-state index contributed by atoms with van der Waals surface area (Å²) in [5.41, 5.74) is 5.83. The summed E-state index contributed by atoms with van der Waals surface area (Å²) in [5, 5.41) is 8.88. The summed E-state index contributed by atoms with van der Waals surface area (Å²) in [6, 6.07) is 12.1. The van der Waals surface area contributed by atoms with Gasteiger partial charge in [0.25, 0.3) is 0 Å². The molecule has 4 heteroatoms. The summed E-state index contributed by atoms with van der Waals surface area (Å²) in [7, 11) is 0. The smallest absolute Gasteiger partial charge is 0.372 e. The molecule has 0 bridgehead atoms. The zero-order valence-electron chi connectivity index (χ0n) is 14.5. The Bertz CT molecular complexity index is 802. The van der Waals surface area contributed by atoms with Crippen molar-refractivity contribution in [2.45, 2.75) is 39.7 Å². The van der Waals surface area contributed by atoms with Crippen molar-refractivity contribution < 1.29 is 19.4 Å². The van der Waals surface area contributed by atoms with Gasteiger partial charge in [-0.15, -0.1) is 0 Å². The van der Waals surface area contributed by atoms with Crippen LogP contribution in [0.4, 0.5) is 0 Å². The number of ketones is 1. The quantitative estimate of drug-likeness (QED) is 0.846. The van der Waals surface area contributed by atoms with Gasteiger partial charge >= 0.3 is 5.97 Å². The number of carboxylic acid groups (broad SMARTS) is 1. The van der Waals surface area contributed by atoms with E-state index in [1.54, 1.807) is 0 Å². The number of carbonyl (C=O) groups is 2. The molecule has 0 saturated carbocycles. The Balaban J connectivity index is 1.71. The Morgan fingerprint density at radius 2 is 1.84 bits per heavy atom. The van der Waals surface area contributed by atoms with Gasteiger partial charge in [0, 0.05) is 5.92 Å². The lowest BCUT2D eigenvalue weighted by molar-refractivity contribution is -0.151. The highest BCUT2D eigenvalue weighted by molar-refractivity contribution is 6.33. The zero-order valence-corrected chi connectivity index (χ0v) is 14.5. The first-order chi connectivity index (χ1) is 12.0. The first kappa shape index (κ1) is 17.2. The minimum atomic E-state index is -1.33. The van der Waals surface area contributed by atoms with Crippen LogP contribution in [-0.2, 0) is 29.0 Å². The minimum Gasteiger partial charge on any atom is -0.489 e. The van der Waals surface area contributed by atoms with Crippen LogP contribution in [0.2, 0.25) is 0 Å². The maximum absolute atomic E-state index is 11.7. The van der Waals surface area contributed by atoms with Crippen molar-refractivity contribution in [3.8, 4) is 5.75 Å². The summed E-state index contributed by atoms with van der Waals surface area (Å²) in [6.07, 6.45) is 1.79. The molecule has 2 aromatic carbocycles. The molecule has 0 radical (unpaired) electrons. The van der Waals surface area contributed by atoms with Crippen molar-refractivity contribution in [2.24, 2.45) is 5.92 Å². The minimum absolute atomic E-state index is 0.411. The Hall–Kier alpha value is -2.62. The van der Waals surface area contributed by atoms with Crippen molar-refractivity contribution in [3.05, 3.63) is 64.2 Å². The molecule has 1 unspecified atom stereocenters. The summed E-state index contributed by atoms with van der Waals surface area (Å²) in [5.74, 6) is -1.61. The summed E-state index contributed by atoms with van der Waals surface area (Å²) in [6.45, 7) is 4.69.